The zero-order chi connectivity index (χ0) is 28.0. The third-order valence-corrected chi connectivity index (χ3v) is 7.36. The summed E-state index contributed by atoms with van der Waals surface area (Å²) in [5.41, 5.74) is 7.54. The second-order valence-electron chi connectivity index (χ2n) is 10.0. The lowest BCUT2D eigenvalue weighted by molar-refractivity contribution is -0.137. The third kappa shape index (κ3) is 5.81. The van der Waals surface area contributed by atoms with Crippen LogP contribution >= 0.6 is 0 Å². The molecule has 4 aromatic carbocycles. The molecule has 2 unspecified atom stereocenters. The molecule has 0 aliphatic carbocycles. The van der Waals surface area contributed by atoms with Crippen molar-refractivity contribution in [2.75, 3.05) is 0 Å². The van der Waals surface area contributed by atoms with Crippen molar-refractivity contribution in [3.63, 3.8) is 0 Å². The van der Waals surface area contributed by atoms with Crippen molar-refractivity contribution >= 4 is 5.97 Å². The Morgan fingerprint density at radius 1 is 0.756 bits per heavy atom. The minimum Gasteiger partial charge on any atom is -0.481 e. The topological polar surface area (TPSA) is 120 Å². The Balaban J connectivity index is 1.42. The van der Waals surface area contributed by atoms with E-state index in [1.807, 2.05) is 66.7 Å². The molecule has 0 radical (unpaired) electrons. The van der Waals surface area contributed by atoms with Crippen LogP contribution in [0.4, 0.5) is 0 Å². The normalized spacial score (nSPS) is 12.6. The van der Waals surface area contributed by atoms with Gasteiger partial charge in [-0.3, -0.25) is 9.89 Å². The number of hydrogen-bond acceptors (Lipinski definition) is 5. The van der Waals surface area contributed by atoms with Gasteiger partial charge in [-0.05, 0) is 75.6 Å². The molecular formula is C33H28N6O2. The maximum Gasteiger partial charge on any atom is 0.315 e. The fraction of sp³-hybridized carbons (Fsp3) is 0.121. The Hall–Kier alpha value is -5.37. The van der Waals surface area contributed by atoms with Gasteiger partial charge in [0, 0.05) is 11.8 Å². The van der Waals surface area contributed by atoms with E-state index in [9.17, 15) is 9.90 Å². The smallest absolute Gasteiger partial charge is 0.315 e. The number of rotatable bonds is 10. The van der Waals surface area contributed by atoms with E-state index in [1.165, 1.54) is 11.1 Å². The van der Waals surface area contributed by atoms with Crippen LogP contribution in [0.3, 0.4) is 0 Å². The summed E-state index contributed by atoms with van der Waals surface area (Å²) in [6.07, 6.45) is 3.25. The zero-order valence-corrected chi connectivity index (χ0v) is 22.2. The average molecular weight is 541 g/mol. The number of aromatic amines is 2. The van der Waals surface area contributed by atoms with Crippen molar-refractivity contribution in [3.05, 3.63) is 143 Å². The molecule has 6 aromatic rings. The van der Waals surface area contributed by atoms with Crippen molar-refractivity contribution in [2.24, 2.45) is 0 Å². The van der Waals surface area contributed by atoms with Crippen LogP contribution in [-0.4, -0.2) is 41.9 Å². The SMILES string of the molecule is O=C(O)C(c1cccc(-c2nn[nH]n2)c1)c1ccccc1C(Cc1ccccc1)Cc1cccc(-c2ccn[nH]2)c1. The molecule has 0 aliphatic heterocycles. The molecule has 41 heavy (non-hydrogen) atoms. The van der Waals surface area contributed by atoms with Gasteiger partial charge in [-0.15, -0.1) is 10.2 Å². The molecule has 2 heterocycles. The molecule has 0 fully saturated rings. The van der Waals surface area contributed by atoms with E-state index in [-0.39, 0.29) is 5.92 Å². The molecule has 0 spiro atoms. The van der Waals surface area contributed by atoms with Crippen LogP contribution in [0.1, 0.15) is 39.7 Å². The highest BCUT2D eigenvalue weighted by atomic mass is 16.4. The highest BCUT2D eigenvalue weighted by Crippen LogP contribution is 2.36. The number of hydrogen-bond donors (Lipinski definition) is 3. The molecule has 202 valence electrons. The van der Waals surface area contributed by atoms with Gasteiger partial charge in [-0.25, -0.2) is 0 Å². The van der Waals surface area contributed by atoms with Crippen LogP contribution in [0.2, 0.25) is 0 Å². The molecule has 2 atom stereocenters. The van der Waals surface area contributed by atoms with Crippen LogP contribution in [-0.2, 0) is 17.6 Å². The summed E-state index contributed by atoms with van der Waals surface area (Å²) in [5.74, 6) is -1.33. The van der Waals surface area contributed by atoms with Gasteiger partial charge in [0.25, 0.3) is 0 Å². The second-order valence-corrected chi connectivity index (χ2v) is 10.0. The molecule has 8 nitrogen and oxygen atoms in total. The van der Waals surface area contributed by atoms with Gasteiger partial charge in [-0.2, -0.15) is 10.3 Å². The number of nitrogens with zero attached hydrogens (tertiary/aromatic N) is 4. The molecule has 0 saturated carbocycles. The van der Waals surface area contributed by atoms with E-state index in [4.69, 9.17) is 0 Å². The summed E-state index contributed by atoms with van der Waals surface area (Å²) >= 11 is 0. The summed E-state index contributed by atoms with van der Waals surface area (Å²) in [4.78, 5) is 12.9. The molecule has 0 bridgehead atoms. The molecular weight excluding hydrogens is 512 g/mol. The van der Waals surface area contributed by atoms with Gasteiger partial charge in [0.1, 0.15) is 5.92 Å². The molecule has 8 heteroatoms. The Morgan fingerprint density at radius 3 is 2.24 bits per heavy atom. The summed E-state index contributed by atoms with van der Waals surface area (Å²) in [7, 11) is 0. The van der Waals surface area contributed by atoms with Crippen LogP contribution < -0.4 is 0 Å². The number of carbonyl (C=O) groups is 1. The highest BCUT2D eigenvalue weighted by Gasteiger charge is 2.28. The quantitative estimate of drug-likeness (QED) is 0.195. The number of aliphatic carboxylic acids is 1. The van der Waals surface area contributed by atoms with Crippen molar-refractivity contribution < 1.29 is 9.90 Å². The average Bonchev–Trinajstić information content (AvgIpc) is 3.74. The first-order valence-corrected chi connectivity index (χ1v) is 13.4. The lowest BCUT2D eigenvalue weighted by Gasteiger charge is -2.25. The first kappa shape index (κ1) is 25.9. The molecule has 2 aromatic heterocycles. The van der Waals surface area contributed by atoms with E-state index in [0.29, 0.717) is 17.0 Å². The number of carboxylic acid groups (broad SMARTS) is 1. The number of tetrazole rings is 1. The number of benzene rings is 4. The minimum absolute atomic E-state index is 0.0351. The Bertz CT molecular complexity index is 1730. The maximum atomic E-state index is 12.9. The van der Waals surface area contributed by atoms with E-state index < -0.39 is 11.9 Å². The summed E-state index contributed by atoms with van der Waals surface area (Å²) in [5, 5.41) is 32.0. The fourth-order valence-corrected chi connectivity index (χ4v) is 5.50. The number of carboxylic acids is 1. The van der Waals surface area contributed by atoms with E-state index in [0.717, 1.165) is 35.2 Å². The Kier molecular flexibility index (Phi) is 7.44. The Labute approximate surface area is 237 Å². The minimum atomic E-state index is -0.914. The number of nitrogens with one attached hydrogen (secondary N) is 2. The molecule has 0 saturated heterocycles. The van der Waals surface area contributed by atoms with Gasteiger partial charge in [0.05, 0.1) is 5.69 Å². The first-order valence-electron chi connectivity index (χ1n) is 13.4. The molecule has 0 aliphatic rings. The van der Waals surface area contributed by atoms with E-state index in [1.54, 1.807) is 6.20 Å². The monoisotopic (exact) mass is 540 g/mol. The standard InChI is InChI=1S/C33H28N6O2/c40-33(41)31(25-12-7-13-26(21-25)32-36-38-39-37-32)29-15-5-4-14-28(29)27(18-22-8-2-1-3-9-22)20-23-10-6-11-24(19-23)30-16-17-34-35-30/h1-17,19,21,27,31H,18,20H2,(H,34,35)(H,40,41)(H,36,37,38,39). The van der Waals surface area contributed by atoms with Gasteiger partial charge >= 0.3 is 5.97 Å². The fourth-order valence-electron chi connectivity index (χ4n) is 5.50. The number of aromatic nitrogens is 6. The predicted octanol–water partition coefficient (Wildman–Crippen LogP) is 6.04. The van der Waals surface area contributed by atoms with Gasteiger partial charge in [-0.1, -0.05) is 91.0 Å². The van der Waals surface area contributed by atoms with Gasteiger partial charge < -0.3 is 5.11 Å². The summed E-state index contributed by atoms with van der Waals surface area (Å²) in [6.45, 7) is 0. The van der Waals surface area contributed by atoms with E-state index >= 15 is 0 Å². The zero-order valence-electron chi connectivity index (χ0n) is 22.2. The third-order valence-electron chi connectivity index (χ3n) is 7.36. The highest BCUT2D eigenvalue weighted by molar-refractivity contribution is 5.81. The molecule has 0 amide bonds. The second kappa shape index (κ2) is 11.8. The van der Waals surface area contributed by atoms with Crippen LogP contribution in [0.15, 0.2) is 115 Å². The van der Waals surface area contributed by atoms with Crippen molar-refractivity contribution in [3.8, 4) is 22.6 Å². The maximum absolute atomic E-state index is 12.9. The lowest BCUT2D eigenvalue weighted by Crippen LogP contribution is -2.18. The van der Waals surface area contributed by atoms with Crippen LogP contribution in [0, 0.1) is 0 Å². The van der Waals surface area contributed by atoms with Gasteiger partial charge in [0.15, 0.2) is 0 Å². The number of H-pyrrole nitrogens is 2. The first-order chi connectivity index (χ1) is 20.2. The lowest BCUT2D eigenvalue weighted by atomic mass is 9.79. The van der Waals surface area contributed by atoms with Crippen LogP contribution in [0.5, 0.6) is 0 Å². The largest absolute Gasteiger partial charge is 0.481 e. The van der Waals surface area contributed by atoms with Crippen molar-refractivity contribution in [1.82, 2.24) is 30.8 Å². The van der Waals surface area contributed by atoms with Crippen molar-refractivity contribution in [1.29, 1.82) is 0 Å². The summed E-state index contributed by atoms with van der Waals surface area (Å²) < 4.78 is 0. The molecule has 3 N–H and O–H groups in total. The van der Waals surface area contributed by atoms with E-state index in [2.05, 4.69) is 73.3 Å². The van der Waals surface area contributed by atoms with Gasteiger partial charge in [0.2, 0.25) is 5.82 Å². The molecule has 6 rings (SSSR count). The van der Waals surface area contributed by atoms with Crippen LogP contribution in [0.25, 0.3) is 22.6 Å². The predicted molar refractivity (Wildman–Crippen MR) is 156 cm³/mol. The van der Waals surface area contributed by atoms with Crippen molar-refractivity contribution in [2.45, 2.75) is 24.7 Å². The summed E-state index contributed by atoms with van der Waals surface area (Å²) in [6, 6.07) is 36.0. The Morgan fingerprint density at radius 2 is 1.49 bits per heavy atom.